The molecule has 1 aromatic heterocycles. The molecule has 1 saturated carbocycles. The Labute approximate surface area is 106 Å². The van der Waals surface area contributed by atoms with Gasteiger partial charge < -0.3 is 10.4 Å². The summed E-state index contributed by atoms with van der Waals surface area (Å²) in [6, 6.07) is 2.00. The lowest BCUT2D eigenvalue weighted by Gasteiger charge is -2.13. The van der Waals surface area contributed by atoms with Crippen molar-refractivity contribution in [1.82, 2.24) is 9.97 Å². The third kappa shape index (κ3) is 3.07. The van der Waals surface area contributed by atoms with Gasteiger partial charge in [-0.05, 0) is 25.7 Å². The molecule has 1 fully saturated rings. The molecule has 0 unspecified atom stereocenters. The van der Waals surface area contributed by atoms with Crippen LogP contribution in [0.5, 0.6) is 0 Å². The first-order valence-corrected chi connectivity index (χ1v) is 6.42. The van der Waals surface area contributed by atoms with E-state index in [9.17, 15) is 5.11 Å². The fourth-order valence-corrected chi connectivity index (χ4v) is 2.70. The molecule has 0 amide bonds. The number of anilines is 1. The van der Waals surface area contributed by atoms with Crippen LogP contribution in [0.3, 0.4) is 0 Å². The van der Waals surface area contributed by atoms with Crippen molar-refractivity contribution in [3.63, 3.8) is 0 Å². The van der Waals surface area contributed by atoms with Crippen molar-refractivity contribution in [3.8, 4) is 0 Å². The topological polar surface area (TPSA) is 58.0 Å². The number of rotatable bonds is 3. The highest BCUT2D eigenvalue weighted by molar-refractivity contribution is 6.29. The number of aromatic nitrogens is 2. The summed E-state index contributed by atoms with van der Waals surface area (Å²) in [5.74, 6) is 1.80. The maximum Gasteiger partial charge on any atom is 0.134 e. The van der Waals surface area contributed by atoms with E-state index in [1.807, 2.05) is 6.92 Å². The molecule has 1 heterocycles. The van der Waals surface area contributed by atoms with Crippen LogP contribution < -0.4 is 5.32 Å². The third-order valence-electron chi connectivity index (χ3n) is 3.34. The number of hydrogen-bond donors (Lipinski definition) is 2. The molecule has 0 bridgehead atoms. The number of aliphatic hydroxyl groups excluding tert-OH is 1. The Balaban J connectivity index is 2.02. The largest absolute Gasteiger partial charge is 0.393 e. The summed E-state index contributed by atoms with van der Waals surface area (Å²) in [5.41, 5.74) is 0. The quantitative estimate of drug-likeness (QED) is 0.815. The molecule has 0 radical (unpaired) electrons. The predicted octanol–water partition coefficient (Wildman–Crippen LogP) is 2.40. The van der Waals surface area contributed by atoms with Gasteiger partial charge in [-0.2, -0.15) is 0 Å². The van der Waals surface area contributed by atoms with E-state index in [1.165, 1.54) is 0 Å². The molecule has 1 aliphatic carbocycles. The molecule has 5 heteroatoms. The molecular weight excluding hydrogens is 238 g/mol. The molecule has 94 valence electrons. The maximum atomic E-state index is 9.85. The van der Waals surface area contributed by atoms with E-state index < -0.39 is 0 Å². The molecule has 2 rings (SSSR count). The van der Waals surface area contributed by atoms with Crippen LogP contribution in [0.15, 0.2) is 6.07 Å². The monoisotopic (exact) mass is 255 g/mol. The fourth-order valence-electron chi connectivity index (χ4n) is 2.47. The van der Waals surface area contributed by atoms with Crippen LogP contribution >= 0.6 is 11.6 Å². The molecule has 1 aliphatic rings. The Bertz CT molecular complexity index is 379. The summed E-state index contributed by atoms with van der Waals surface area (Å²) >= 11 is 5.88. The van der Waals surface area contributed by atoms with Crippen LogP contribution in [-0.2, 0) is 0 Å². The molecule has 3 atom stereocenters. The van der Waals surface area contributed by atoms with Gasteiger partial charge in [0.15, 0.2) is 0 Å². The Kier molecular flexibility index (Phi) is 3.84. The lowest BCUT2D eigenvalue weighted by molar-refractivity contribution is 0.130. The van der Waals surface area contributed by atoms with Gasteiger partial charge in [0.25, 0.3) is 0 Å². The van der Waals surface area contributed by atoms with Gasteiger partial charge in [0, 0.05) is 12.1 Å². The number of nitrogens with zero attached hydrogens (tertiary/aromatic N) is 2. The van der Waals surface area contributed by atoms with E-state index in [0.717, 1.165) is 25.1 Å². The zero-order valence-corrected chi connectivity index (χ0v) is 10.9. The van der Waals surface area contributed by atoms with Crippen molar-refractivity contribution in [2.45, 2.75) is 45.3 Å². The fraction of sp³-hybridized carbons (Fsp3) is 0.667. The third-order valence-corrected chi connectivity index (χ3v) is 3.53. The van der Waals surface area contributed by atoms with Gasteiger partial charge in [-0.15, -0.1) is 0 Å². The van der Waals surface area contributed by atoms with Gasteiger partial charge in [0.2, 0.25) is 0 Å². The first-order valence-electron chi connectivity index (χ1n) is 6.04. The highest BCUT2D eigenvalue weighted by atomic mass is 35.5. The van der Waals surface area contributed by atoms with E-state index in [0.29, 0.717) is 16.9 Å². The van der Waals surface area contributed by atoms with Crippen LogP contribution in [0.25, 0.3) is 0 Å². The molecule has 0 aromatic carbocycles. The molecular formula is C12H18ClN3O. The minimum atomic E-state index is -0.198. The van der Waals surface area contributed by atoms with Crippen molar-refractivity contribution in [2.24, 2.45) is 5.92 Å². The number of hydrogen-bond acceptors (Lipinski definition) is 4. The van der Waals surface area contributed by atoms with Gasteiger partial charge in [-0.25, -0.2) is 9.97 Å². The number of nitrogens with one attached hydrogen (secondary N) is 1. The second-order valence-electron chi connectivity index (χ2n) is 4.67. The van der Waals surface area contributed by atoms with E-state index in [2.05, 4.69) is 22.2 Å². The van der Waals surface area contributed by atoms with Crippen molar-refractivity contribution >= 4 is 17.4 Å². The lowest BCUT2D eigenvalue weighted by Crippen LogP contribution is -2.17. The average molecular weight is 256 g/mol. The summed E-state index contributed by atoms with van der Waals surface area (Å²) in [4.78, 5) is 8.30. The summed E-state index contributed by atoms with van der Waals surface area (Å²) in [6.45, 7) is 3.93. The second-order valence-corrected chi connectivity index (χ2v) is 5.06. The highest BCUT2D eigenvalue weighted by Crippen LogP contribution is 2.30. The number of aryl methyl sites for hydroxylation is 1. The van der Waals surface area contributed by atoms with Crippen molar-refractivity contribution < 1.29 is 5.11 Å². The first kappa shape index (κ1) is 12.6. The Morgan fingerprint density at radius 2 is 2.24 bits per heavy atom. The van der Waals surface area contributed by atoms with Gasteiger partial charge >= 0.3 is 0 Å². The van der Waals surface area contributed by atoms with Crippen LogP contribution in [0.1, 0.15) is 32.0 Å². The van der Waals surface area contributed by atoms with E-state index in [4.69, 9.17) is 11.6 Å². The minimum Gasteiger partial charge on any atom is -0.393 e. The van der Waals surface area contributed by atoms with Crippen LogP contribution in [-0.4, -0.2) is 27.2 Å². The van der Waals surface area contributed by atoms with E-state index in [1.54, 1.807) is 6.07 Å². The Morgan fingerprint density at radius 3 is 2.82 bits per heavy atom. The molecule has 17 heavy (non-hydrogen) atoms. The minimum absolute atomic E-state index is 0.198. The highest BCUT2D eigenvalue weighted by Gasteiger charge is 2.31. The SMILES string of the molecule is CC[C@H]1C[C@@H](Nc2cc(Cl)nc(C)n2)C[C@@H]1O. The smallest absolute Gasteiger partial charge is 0.134 e. The maximum absolute atomic E-state index is 9.85. The Morgan fingerprint density at radius 1 is 1.47 bits per heavy atom. The first-order chi connectivity index (χ1) is 8.08. The average Bonchev–Trinajstić information content (AvgIpc) is 2.57. The lowest BCUT2D eigenvalue weighted by atomic mass is 10.0. The van der Waals surface area contributed by atoms with Crippen LogP contribution in [0.2, 0.25) is 5.15 Å². The number of halogens is 1. The Hall–Kier alpha value is -0.870. The van der Waals surface area contributed by atoms with Gasteiger partial charge in [-0.3, -0.25) is 0 Å². The predicted molar refractivity (Wildman–Crippen MR) is 68.2 cm³/mol. The normalized spacial score (nSPS) is 28.4. The standard InChI is InChI=1S/C12H18ClN3O/c1-3-8-4-9(5-10(8)17)16-12-6-11(13)14-7(2)15-12/h6,8-10,17H,3-5H2,1-2H3,(H,14,15,16)/t8-,9+,10-/m0/s1. The van der Waals surface area contributed by atoms with Crippen molar-refractivity contribution in [3.05, 3.63) is 17.0 Å². The summed E-state index contributed by atoms with van der Waals surface area (Å²) < 4.78 is 0. The second kappa shape index (κ2) is 5.19. The summed E-state index contributed by atoms with van der Waals surface area (Å²) in [6.07, 6.45) is 2.58. The van der Waals surface area contributed by atoms with Crippen LogP contribution in [0, 0.1) is 12.8 Å². The molecule has 1 aromatic rings. The summed E-state index contributed by atoms with van der Waals surface area (Å²) in [5, 5.41) is 13.6. The van der Waals surface area contributed by atoms with Crippen molar-refractivity contribution in [2.75, 3.05) is 5.32 Å². The molecule has 0 spiro atoms. The van der Waals surface area contributed by atoms with Gasteiger partial charge in [0.05, 0.1) is 6.10 Å². The molecule has 0 aliphatic heterocycles. The molecule has 2 N–H and O–H groups in total. The van der Waals surface area contributed by atoms with E-state index >= 15 is 0 Å². The van der Waals surface area contributed by atoms with Gasteiger partial charge in [0.1, 0.15) is 16.8 Å². The van der Waals surface area contributed by atoms with Gasteiger partial charge in [-0.1, -0.05) is 24.9 Å². The zero-order valence-electron chi connectivity index (χ0n) is 10.2. The summed E-state index contributed by atoms with van der Waals surface area (Å²) in [7, 11) is 0. The number of aliphatic hydroxyl groups is 1. The molecule has 4 nitrogen and oxygen atoms in total. The van der Waals surface area contributed by atoms with Crippen LogP contribution in [0.4, 0.5) is 5.82 Å². The molecule has 0 saturated heterocycles. The zero-order chi connectivity index (χ0) is 12.4. The van der Waals surface area contributed by atoms with Crippen molar-refractivity contribution in [1.29, 1.82) is 0 Å². The van der Waals surface area contributed by atoms with E-state index in [-0.39, 0.29) is 12.1 Å².